The highest BCUT2D eigenvalue weighted by atomic mass is 16.5. The number of aromatic nitrogens is 2. The summed E-state index contributed by atoms with van der Waals surface area (Å²) < 4.78 is 6.39. The number of benzene rings is 1. The van der Waals surface area contributed by atoms with E-state index in [0.29, 0.717) is 24.1 Å². The minimum atomic E-state index is -1.02. The number of carboxylic acid groups (broad SMARTS) is 1. The number of esters is 1. The van der Waals surface area contributed by atoms with Crippen LogP contribution in [0.2, 0.25) is 0 Å². The maximum Gasteiger partial charge on any atom is 0.374 e. The first kappa shape index (κ1) is 14.0. The van der Waals surface area contributed by atoms with Crippen LogP contribution in [0.4, 0.5) is 0 Å². The molecule has 7 nitrogen and oxygen atoms in total. The summed E-state index contributed by atoms with van der Waals surface area (Å²) >= 11 is 0. The number of imidazole rings is 1. The van der Waals surface area contributed by atoms with Gasteiger partial charge in [-0.3, -0.25) is 0 Å². The molecule has 1 aromatic heterocycles. The Morgan fingerprint density at radius 2 is 2.20 bits per heavy atom. The van der Waals surface area contributed by atoms with Crippen LogP contribution < -0.4 is 5.73 Å². The van der Waals surface area contributed by atoms with Crippen molar-refractivity contribution in [2.45, 2.75) is 13.0 Å². The average molecular weight is 278 g/mol. The van der Waals surface area contributed by atoms with Crippen molar-refractivity contribution < 1.29 is 25.2 Å². The lowest BCUT2D eigenvalue weighted by Gasteiger charge is -2.06. The first-order valence-electron chi connectivity index (χ1n) is 6.19. The van der Waals surface area contributed by atoms with Gasteiger partial charge in [-0.2, -0.15) is 0 Å². The number of quaternary nitrogens is 1. The van der Waals surface area contributed by atoms with E-state index in [2.05, 4.69) is 10.7 Å². The predicted molar refractivity (Wildman–Crippen MR) is 70.4 cm³/mol. The molecule has 1 aromatic carbocycles. The molecule has 7 heteroatoms. The summed E-state index contributed by atoms with van der Waals surface area (Å²) in [7, 11) is 1.29. The molecule has 2 aromatic rings. The Labute approximate surface area is 115 Å². The molecular weight excluding hydrogens is 262 g/mol. The third-order valence-electron chi connectivity index (χ3n) is 2.99. The molecule has 0 bridgehead atoms. The highest BCUT2D eigenvalue weighted by molar-refractivity contribution is 5.95. The van der Waals surface area contributed by atoms with Crippen molar-refractivity contribution in [1.82, 2.24) is 9.55 Å². The highest BCUT2D eigenvalue weighted by Crippen LogP contribution is 2.19. The van der Waals surface area contributed by atoms with Gasteiger partial charge in [0.15, 0.2) is 0 Å². The Morgan fingerprint density at radius 1 is 1.45 bits per heavy atom. The number of aryl methyl sites for hydroxylation is 1. The van der Waals surface area contributed by atoms with E-state index in [0.717, 1.165) is 6.42 Å². The van der Waals surface area contributed by atoms with Crippen molar-refractivity contribution in [3.8, 4) is 0 Å². The number of rotatable bonds is 5. The second-order valence-electron chi connectivity index (χ2n) is 4.29. The lowest BCUT2D eigenvalue weighted by Crippen LogP contribution is -2.50. The zero-order valence-corrected chi connectivity index (χ0v) is 11.1. The smallest absolute Gasteiger partial charge is 0.374 e. The lowest BCUT2D eigenvalue weighted by molar-refractivity contribution is -0.368. The van der Waals surface area contributed by atoms with Crippen LogP contribution >= 0.6 is 0 Å². The second-order valence-corrected chi connectivity index (χ2v) is 4.29. The summed E-state index contributed by atoms with van der Waals surface area (Å²) in [5.74, 6) is -1.38. The van der Waals surface area contributed by atoms with Crippen LogP contribution in [-0.2, 0) is 11.3 Å². The van der Waals surface area contributed by atoms with Crippen molar-refractivity contribution in [3.05, 3.63) is 29.6 Å². The van der Waals surface area contributed by atoms with Crippen molar-refractivity contribution in [1.29, 1.82) is 0 Å². The number of hydrogen-bond donors (Lipinski definition) is 2. The van der Waals surface area contributed by atoms with Gasteiger partial charge in [-0.1, -0.05) is 0 Å². The second kappa shape index (κ2) is 5.70. The molecule has 0 spiro atoms. The molecule has 0 aliphatic heterocycles. The molecule has 20 heavy (non-hydrogen) atoms. The molecular formula is C13H16N3O4+. The van der Waals surface area contributed by atoms with Gasteiger partial charge in [-0.15, -0.1) is 0 Å². The molecule has 0 saturated heterocycles. The Morgan fingerprint density at radius 3 is 2.80 bits per heavy atom. The van der Waals surface area contributed by atoms with Gasteiger partial charge in [-0.25, -0.2) is 14.6 Å². The fourth-order valence-electron chi connectivity index (χ4n) is 2.00. The van der Waals surface area contributed by atoms with Gasteiger partial charge in [0.2, 0.25) is 5.82 Å². The van der Waals surface area contributed by atoms with E-state index < -0.39 is 11.9 Å². The number of methoxy groups -OCH3 is 1. The normalized spacial score (nSPS) is 10.7. The number of fused-ring (bicyclic) bond motifs is 1. The zero-order chi connectivity index (χ0) is 14.7. The summed E-state index contributed by atoms with van der Waals surface area (Å²) in [6.45, 7) is 1.24. The van der Waals surface area contributed by atoms with Crippen molar-refractivity contribution in [2.75, 3.05) is 13.7 Å². The van der Waals surface area contributed by atoms with Crippen molar-refractivity contribution in [3.63, 3.8) is 0 Å². The largest absolute Gasteiger partial charge is 0.478 e. The van der Waals surface area contributed by atoms with Gasteiger partial charge in [0.1, 0.15) is 0 Å². The molecule has 0 fully saturated rings. The van der Waals surface area contributed by atoms with Gasteiger partial charge in [0.25, 0.3) is 0 Å². The van der Waals surface area contributed by atoms with Gasteiger partial charge in [-0.05, 0) is 18.2 Å². The first-order chi connectivity index (χ1) is 9.58. The molecule has 2 rings (SSSR count). The molecule has 0 aliphatic carbocycles. The lowest BCUT2D eigenvalue weighted by atomic mass is 10.2. The highest BCUT2D eigenvalue weighted by Gasteiger charge is 2.19. The van der Waals surface area contributed by atoms with Crippen molar-refractivity contribution in [2.24, 2.45) is 0 Å². The molecule has 4 N–H and O–H groups in total. The number of nitrogens with zero attached hydrogens (tertiary/aromatic N) is 2. The standard InChI is InChI=1S/C13H15N3O4/c1-20-13(19)11-15-9-4-3-8(12(17)18)7-10(9)16(11)6-2-5-14/h3-4,7H,2,5-6,14H2,1H3,(H,17,18)/p+1. The number of carboxylic acids is 1. The molecule has 0 saturated carbocycles. The van der Waals surface area contributed by atoms with Crippen LogP contribution in [0.5, 0.6) is 0 Å². The predicted octanol–water partition coefficient (Wildman–Crippen LogP) is 0.153. The Balaban J connectivity index is 2.61. The maximum atomic E-state index is 11.7. The van der Waals surface area contributed by atoms with Crippen LogP contribution in [-0.4, -0.2) is 40.3 Å². The van der Waals surface area contributed by atoms with Crippen LogP contribution in [0, 0.1) is 0 Å². The van der Waals surface area contributed by atoms with E-state index in [9.17, 15) is 9.59 Å². The third-order valence-corrected chi connectivity index (χ3v) is 2.99. The summed E-state index contributed by atoms with van der Waals surface area (Å²) in [4.78, 5) is 27.0. The van der Waals surface area contributed by atoms with Crippen molar-refractivity contribution >= 4 is 23.0 Å². The maximum absolute atomic E-state index is 11.7. The Kier molecular flexibility index (Phi) is 3.99. The molecule has 0 aliphatic rings. The van der Waals surface area contributed by atoms with E-state index >= 15 is 0 Å². The van der Waals surface area contributed by atoms with E-state index in [1.807, 2.05) is 0 Å². The first-order valence-corrected chi connectivity index (χ1v) is 6.19. The van der Waals surface area contributed by atoms with Gasteiger partial charge >= 0.3 is 11.9 Å². The van der Waals surface area contributed by atoms with E-state index in [1.165, 1.54) is 19.2 Å². The summed E-state index contributed by atoms with van der Waals surface area (Å²) in [6.07, 6.45) is 0.757. The number of hydrogen-bond acceptors (Lipinski definition) is 4. The van der Waals surface area contributed by atoms with Crippen LogP contribution in [0.3, 0.4) is 0 Å². The third kappa shape index (κ3) is 2.48. The molecule has 0 atom stereocenters. The van der Waals surface area contributed by atoms with Crippen LogP contribution in [0.1, 0.15) is 27.4 Å². The monoisotopic (exact) mass is 278 g/mol. The topological polar surface area (TPSA) is 109 Å². The van der Waals surface area contributed by atoms with Crippen LogP contribution in [0.15, 0.2) is 18.2 Å². The summed E-state index contributed by atoms with van der Waals surface area (Å²) in [5, 5.41) is 9.04. The van der Waals surface area contributed by atoms with Gasteiger partial charge in [0.05, 0.1) is 30.3 Å². The minimum Gasteiger partial charge on any atom is -0.478 e. The number of carbonyl (C=O) groups is 2. The molecule has 0 amide bonds. The quantitative estimate of drug-likeness (QED) is 0.757. The Hall–Kier alpha value is -2.41. The number of aromatic carboxylic acids is 1. The summed E-state index contributed by atoms with van der Waals surface area (Å²) in [5.41, 5.74) is 5.10. The van der Waals surface area contributed by atoms with Crippen LogP contribution in [0.25, 0.3) is 11.0 Å². The fraction of sp³-hybridized carbons (Fsp3) is 0.308. The molecule has 0 unspecified atom stereocenters. The number of carbonyl (C=O) groups excluding carboxylic acids is 1. The zero-order valence-electron chi connectivity index (χ0n) is 11.1. The SMILES string of the molecule is COC(=O)c1nc2ccc(C(=O)O)cc2n1CCC[NH3+]. The fourth-order valence-corrected chi connectivity index (χ4v) is 2.00. The van der Waals surface area contributed by atoms with Gasteiger partial charge < -0.3 is 20.1 Å². The van der Waals surface area contributed by atoms with Gasteiger partial charge in [0, 0.05) is 13.0 Å². The minimum absolute atomic E-state index is 0.157. The van der Waals surface area contributed by atoms with E-state index in [4.69, 9.17) is 9.84 Å². The molecule has 106 valence electrons. The van der Waals surface area contributed by atoms with E-state index in [-0.39, 0.29) is 11.4 Å². The number of ether oxygens (including phenoxy) is 1. The van der Waals surface area contributed by atoms with E-state index in [1.54, 1.807) is 10.6 Å². The summed E-state index contributed by atoms with van der Waals surface area (Å²) in [6, 6.07) is 4.57. The molecule has 1 heterocycles. The Bertz CT molecular complexity index is 663. The molecule has 0 radical (unpaired) electrons. The average Bonchev–Trinajstić information content (AvgIpc) is 2.81.